The number of hydrogen-bond acceptors (Lipinski definition) is 4. The van der Waals surface area contributed by atoms with Gasteiger partial charge in [-0.1, -0.05) is 26.0 Å². The largest absolute Gasteiger partial charge is 0.346 e. The molecule has 3 N–H and O–H groups in total. The van der Waals surface area contributed by atoms with Crippen LogP contribution >= 0.6 is 23.7 Å². The molecule has 0 radical (unpaired) electrons. The quantitative estimate of drug-likeness (QED) is 0.705. The van der Waals surface area contributed by atoms with E-state index < -0.39 is 6.04 Å². The molecule has 0 saturated heterocycles. The van der Waals surface area contributed by atoms with Crippen LogP contribution in [0.3, 0.4) is 0 Å². The molecule has 0 aliphatic carbocycles. The predicted octanol–water partition coefficient (Wildman–Crippen LogP) is 1.78. The first-order valence-electron chi connectivity index (χ1n) is 6.90. The summed E-state index contributed by atoms with van der Waals surface area (Å²) < 4.78 is 0. The maximum atomic E-state index is 12.2. The van der Waals surface area contributed by atoms with Gasteiger partial charge in [0.2, 0.25) is 11.8 Å². The number of nitrogens with zero attached hydrogens (tertiary/aromatic N) is 1. The fourth-order valence-corrected chi connectivity index (χ4v) is 2.42. The summed E-state index contributed by atoms with van der Waals surface area (Å²) in [5.41, 5.74) is 5.74. The normalized spacial score (nSPS) is 11.5. The Hall–Kier alpha value is -1.37. The zero-order valence-electron chi connectivity index (χ0n) is 13.0. The summed E-state index contributed by atoms with van der Waals surface area (Å²) in [6.07, 6.45) is 1.67. The molecule has 0 bridgehead atoms. The molecule has 5 nitrogen and oxygen atoms in total. The van der Waals surface area contributed by atoms with Crippen LogP contribution in [-0.4, -0.2) is 35.8 Å². The van der Waals surface area contributed by atoms with E-state index in [1.165, 1.54) is 0 Å². The van der Waals surface area contributed by atoms with E-state index >= 15 is 0 Å². The summed E-state index contributed by atoms with van der Waals surface area (Å²) in [6.45, 7) is 8.32. The molecule has 1 aromatic rings. The van der Waals surface area contributed by atoms with Crippen molar-refractivity contribution in [3.63, 3.8) is 0 Å². The average molecular weight is 346 g/mol. The number of rotatable bonds is 8. The molecular formula is C15H24ClN3O2S. The first-order valence-corrected chi connectivity index (χ1v) is 7.78. The van der Waals surface area contributed by atoms with E-state index in [0.717, 1.165) is 4.88 Å². The highest BCUT2D eigenvalue weighted by molar-refractivity contribution is 7.09. The predicted molar refractivity (Wildman–Crippen MR) is 93.0 cm³/mol. The molecule has 1 rings (SSSR count). The second-order valence-electron chi connectivity index (χ2n) is 5.13. The highest BCUT2D eigenvalue weighted by Gasteiger charge is 2.19. The maximum Gasteiger partial charge on any atom is 0.242 e. The highest BCUT2D eigenvalue weighted by atomic mass is 35.5. The zero-order valence-corrected chi connectivity index (χ0v) is 14.6. The van der Waals surface area contributed by atoms with E-state index in [9.17, 15) is 9.59 Å². The van der Waals surface area contributed by atoms with Crippen molar-refractivity contribution in [1.29, 1.82) is 0 Å². The summed E-state index contributed by atoms with van der Waals surface area (Å²) in [5.74, 6) is -0.406. The van der Waals surface area contributed by atoms with Gasteiger partial charge in [-0.25, -0.2) is 0 Å². The molecule has 0 spiro atoms. The van der Waals surface area contributed by atoms with Crippen LogP contribution in [0.2, 0.25) is 0 Å². The molecule has 1 aromatic heterocycles. The Morgan fingerprint density at radius 2 is 2.18 bits per heavy atom. The number of carbonyl (C=O) groups is 2. The van der Waals surface area contributed by atoms with Crippen molar-refractivity contribution in [2.75, 3.05) is 13.1 Å². The van der Waals surface area contributed by atoms with Crippen molar-refractivity contribution in [3.05, 3.63) is 35.0 Å². The third kappa shape index (κ3) is 6.60. The van der Waals surface area contributed by atoms with E-state index in [2.05, 4.69) is 11.9 Å². The lowest BCUT2D eigenvalue weighted by Crippen LogP contribution is -2.47. The van der Waals surface area contributed by atoms with Crippen molar-refractivity contribution >= 4 is 35.6 Å². The molecule has 7 heteroatoms. The van der Waals surface area contributed by atoms with Crippen molar-refractivity contribution in [2.24, 2.45) is 11.7 Å². The lowest BCUT2D eigenvalue weighted by molar-refractivity contribution is -0.133. The van der Waals surface area contributed by atoms with Crippen LogP contribution in [0.5, 0.6) is 0 Å². The van der Waals surface area contributed by atoms with Crippen LogP contribution in [0.1, 0.15) is 18.7 Å². The van der Waals surface area contributed by atoms with Crippen molar-refractivity contribution in [1.82, 2.24) is 10.2 Å². The molecule has 0 aliphatic heterocycles. The Morgan fingerprint density at radius 1 is 1.50 bits per heavy atom. The summed E-state index contributed by atoms with van der Waals surface area (Å²) >= 11 is 1.59. The van der Waals surface area contributed by atoms with Gasteiger partial charge >= 0.3 is 0 Å². The standard InChI is InChI=1S/C15H23N3O2S.ClH/c1-4-7-18(10-12-6-5-8-21-12)13(19)9-17-15(20)14(16)11(2)3;/h4-6,8,11,14H,1,7,9-10,16H2,2-3H3,(H,17,20);1H/t14-;/m0./s1. The Labute approximate surface area is 142 Å². The highest BCUT2D eigenvalue weighted by Crippen LogP contribution is 2.11. The van der Waals surface area contributed by atoms with Crippen LogP contribution in [0.4, 0.5) is 0 Å². The van der Waals surface area contributed by atoms with Crippen LogP contribution < -0.4 is 11.1 Å². The van der Waals surface area contributed by atoms with Gasteiger partial charge in [0.25, 0.3) is 0 Å². The van der Waals surface area contributed by atoms with Gasteiger partial charge < -0.3 is 16.0 Å². The number of thiophene rings is 1. The van der Waals surface area contributed by atoms with Crippen LogP contribution in [0, 0.1) is 5.92 Å². The van der Waals surface area contributed by atoms with Gasteiger partial charge in [0.1, 0.15) is 0 Å². The molecule has 22 heavy (non-hydrogen) atoms. The smallest absolute Gasteiger partial charge is 0.242 e. The minimum Gasteiger partial charge on any atom is -0.346 e. The van der Waals surface area contributed by atoms with E-state index in [-0.39, 0.29) is 36.7 Å². The summed E-state index contributed by atoms with van der Waals surface area (Å²) in [5, 5.41) is 4.56. The summed E-state index contributed by atoms with van der Waals surface area (Å²) in [6, 6.07) is 3.32. The monoisotopic (exact) mass is 345 g/mol. The topological polar surface area (TPSA) is 75.4 Å². The molecule has 1 heterocycles. The minimum absolute atomic E-state index is 0. The average Bonchev–Trinajstić information content (AvgIpc) is 2.95. The number of nitrogens with one attached hydrogen (secondary N) is 1. The number of halogens is 1. The third-order valence-corrected chi connectivity index (χ3v) is 3.92. The Morgan fingerprint density at radius 3 is 2.68 bits per heavy atom. The van der Waals surface area contributed by atoms with Crippen molar-refractivity contribution in [3.8, 4) is 0 Å². The lowest BCUT2D eigenvalue weighted by atomic mass is 10.1. The van der Waals surface area contributed by atoms with Crippen molar-refractivity contribution < 1.29 is 9.59 Å². The number of carbonyl (C=O) groups excluding carboxylic acids is 2. The van der Waals surface area contributed by atoms with Gasteiger partial charge in [0.15, 0.2) is 0 Å². The van der Waals surface area contributed by atoms with Gasteiger partial charge in [-0.05, 0) is 17.4 Å². The van der Waals surface area contributed by atoms with E-state index in [1.54, 1.807) is 22.3 Å². The summed E-state index contributed by atoms with van der Waals surface area (Å²) in [4.78, 5) is 26.7. The van der Waals surface area contributed by atoms with Gasteiger partial charge in [-0.2, -0.15) is 0 Å². The van der Waals surface area contributed by atoms with Crippen molar-refractivity contribution in [2.45, 2.75) is 26.4 Å². The third-order valence-electron chi connectivity index (χ3n) is 3.06. The molecule has 1 atom stereocenters. The van der Waals surface area contributed by atoms with E-state index in [0.29, 0.717) is 13.1 Å². The van der Waals surface area contributed by atoms with Gasteiger partial charge in [-0.15, -0.1) is 30.3 Å². The number of nitrogens with two attached hydrogens (primary N) is 1. The zero-order chi connectivity index (χ0) is 15.8. The molecular weight excluding hydrogens is 322 g/mol. The van der Waals surface area contributed by atoms with E-state index in [1.807, 2.05) is 31.4 Å². The Balaban J connectivity index is 0.00000441. The number of amides is 2. The van der Waals surface area contributed by atoms with Gasteiger partial charge in [0, 0.05) is 11.4 Å². The van der Waals surface area contributed by atoms with Gasteiger partial charge in [-0.3, -0.25) is 9.59 Å². The van der Waals surface area contributed by atoms with Gasteiger partial charge in [0.05, 0.1) is 19.1 Å². The molecule has 0 aliphatic rings. The van der Waals surface area contributed by atoms with Crippen LogP contribution in [-0.2, 0) is 16.1 Å². The Bertz CT molecular complexity index is 477. The first kappa shape index (κ1) is 20.6. The summed E-state index contributed by atoms with van der Waals surface area (Å²) in [7, 11) is 0. The first-order chi connectivity index (χ1) is 9.95. The molecule has 0 fully saturated rings. The molecule has 2 amide bonds. The SMILES string of the molecule is C=CCN(Cc1cccs1)C(=O)CNC(=O)[C@@H](N)C(C)C.Cl. The maximum absolute atomic E-state index is 12.2. The fourth-order valence-electron chi connectivity index (χ4n) is 1.70. The molecule has 0 saturated carbocycles. The fraction of sp³-hybridized carbons (Fsp3) is 0.467. The van der Waals surface area contributed by atoms with E-state index in [4.69, 9.17) is 5.73 Å². The molecule has 0 unspecified atom stereocenters. The molecule has 0 aromatic carbocycles. The second kappa shape index (κ2) is 10.4. The second-order valence-corrected chi connectivity index (χ2v) is 6.16. The lowest BCUT2D eigenvalue weighted by Gasteiger charge is -2.21. The minimum atomic E-state index is -0.594. The Kier molecular flexibility index (Phi) is 9.73. The van der Waals surface area contributed by atoms with Crippen LogP contribution in [0.15, 0.2) is 30.2 Å². The molecule has 124 valence electrons. The number of hydrogen-bond donors (Lipinski definition) is 2. The van der Waals surface area contributed by atoms with Crippen LogP contribution in [0.25, 0.3) is 0 Å².